The van der Waals surface area contributed by atoms with Crippen molar-refractivity contribution in [3.8, 4) is 0 Å². The summed E-state index contributed by atoms with van der Waals surface area (Å²) in [6, 6.07) is 10.4. The van der Waals surface area contributed by atoms with E-state index in [2.05, 4.69) is 29.7 Å². The molecule has 1 fully saturated rings. The van der Waals surface area contributed by atoms with Crippen molar-refractivity contribution in [3.63, 3.8) is 0 Å². The number of amides is 1. The third-order valence-electron chi connectivity index (χ3n) is 3.25. The van der Waals surface area contributed by atoms with Gasteiger partial charge in [0.1, 0.15) is 0 Å². The second kappa shape index (κ2) is 7.39. The molecule has 1 saturated heterocycles. The highest BCUT2D eigenvalue weighted by atomic mass is 35.5. The standard InChI is InChI=1S/C14H20N2O.ClH/c1-2-6-13(11-7-4-3-5-8-11)16-14(17)12-9-15-10-12;/h3-5,7-8,12-13,15H,2,6,9-10H2,1H3,(H,16,17);1H. The number of hydrogen-bond acceptors (Lipinski definition) is 2. The maximum atomic E-state index is 11.9. The number of carbonyl (C=O) groups excluding carboxylic acids is 1. The average Bonchev–Trinajstić information content (AvgIpc) is 2.27. The van der Waals surface area contributed by atoms with Crippen LogP contribution in [-0.2, 0) is 4.79 Å². The van der Waals surface area contributed by atoms with Gasteiger partial charge < -0.3 is 10.6 Å². The van der Waals surface area contributed by atoms with Crippen molar-refractivity contribution in [2.24, 2.45) is 5.92 Å². The zero-order chi connectivity index (χ0) is 12.1. The van der Waals surface area contributed by atoms with Crippen molar-refractivity contribution < 1.29 is 4.79 Å². The number of halogens is 1. The molecule has 1 amide bonds. The van der Waals surface area contributed by atoms with Gasteiger partial charge in [-0.1, -0.05) is 43.7 Å². The Morgan fingerprint density at radius 2 is 2.06 bits per heavy atom. The van der Waals surface area contributed by atoms with Crippen molar-refractivity contribution in [2.45, 2.75) is 25.8 Å². The second-order valence-electron chi connectivity index (χ2n) is 4.62. The van der Waals surface area contributed by atoms with E-state index in [1.54, 1.807) is 0 Å². The van der Waals surface area contributed by atoms with E-state index >= 15 is 0 Å². The van der Waals surface area contributed by atoms with Gasteiger partial charge in [-0.15, -0.1) is 12.4 Å². The largest absolute Gasteiger partial charge is 0.349 e. The van der Waals surface area contributed by atoms with Crippen LogP contribution in [0.1, 0.15) is 31.4 Å². The molecule has 0 aromatic heterocycles. The van der Waals surface area contributed by atoms with Crippen LogP contribution < -0.4 is 10.6 Å². The minimum Gasteiger partial charge on any atom is -0.349 e. The fourth-order valence-electron chi connectivity index (χ4n) is 2.06. The van der Waals surface area contributed by atoms with Gasteiger partial charge in [0, 0.05) is 13.1 Å². The minimum absolute atomic E-state index is 0. The summed E-state index contributed by atoms with van der Waals surface area (Å²) < 4.78 is 0. The van der Waals surface area contributed by atoms with Crippen LogP contribution >= 0.6 is 12.4 Å². The van der Waals surface area contributed by atoms with Gasteiger partial charge in [-0.2, -0.15) is 0 Å². The van der Waals surface area contributed by atoms with Crippen LogP contribution in [0.3, 0.4) is 0 Å². The highest BCUT2D eigenvalue weighted by Gasteiger charge is 2.26. The fraction of sp³-hybridized carbons (Fsp3) is 0.500. The van der Waals surface area contributed by atoms with Gasteiger partial charge in [-0.25, -0.2) is 0 Å². The van der Waals surface area contributed by atoms with Crippen LogP contribution in [0.4, 0.5) is 0 Å². The van der Waals surface area contributed by atoms with Gasteiger partial charge in [0.05, 0.1) is 12.0 Å². The monoisotopic (exact) mass is 268 g/mol. The molecule has 1 atom stereocenters. The molecule has 1 aromatic rings. The Morgan fingerprint density at radius 3 is 2.56 bits per heavy atom. The van der Waals surface area contributed by atoms with Crippen LogP contribution in [0.15, 0.2) is 30.3 Å². The van der Waals surface area contributed by atoms with Gasteiger partial charge in [-0.3, -0.25) is 4.79 Å². The fourth-order valence-corrected chi connectivity index (χ4v) is 2.06. The molecule has 18 heavy (non-hydrogen) atoms. The second-order valence-corrected chi connectivity index (χ2v) is 4.62. The first-order chi connectivity index (χ1) is 8.31. The predicted octanol–water partition coefficient (Wildman–Crippen LogP) is 2.29. The molecule has 0 radical (unpaired) electrons. The van der Waals surface area contributed by atoms with E-state index in [1.807, 2.05) is 18.2 Å². The van der Waals surface area contributed by atoms with Crippen molar-refractivity contribution >= 4 is 18.3 Å². The first-order valence-electron chi connectivity index (χ1n) is 6.37. The first-order valence-corrected chi connectivity index (χ1v) is 6.37. The van der Waals surface area contributed by atoms with Crippen LogP contribution in [0.25, 0.3) is 0 Å². The van der Waals surface area contributed by atoms with E-state index in [0.29, 0.717) is 0 Å². The summed E-state index contributed by atoms with van der Waals surface area (Å²) in [6.07, 6.45) is 2.07. The molecular formula is C14H21ClN2O. The summed E-state index contributed by atoms with van der Waals surface area (Å²) in [4.78, 5) is 11.9. The lowest BCUT2D eigenvalue weighted by Crippen LogP contribution is -2.51. The Balaban J connectivity index is 0.00000162. The van der Waals surface area contributed by atoms with E-state index in [1.165, 1.54) is 5.56 Å². The maximum absolute atomic E-state index is 11.9. The molecule has 100 valence electrons. The van der Waals surface area contributed by atoms with Crippen molar-refractivity contribution in [1.82, 2.24) is 10.6 Å². The van der Waals surface area contributed by atoms with Gasteiger partial charge in [0.2, 0.25) is 5.91 Å². The summed E-state index contributed by atoms with van der Waals surface area (Å²) in [7, 11) is 0. The highest BCUT2D eigenvalue weighted by molar-refractivity contribution is 5.85. The Kier molecular flexibility index (Phi) is 6.16. The Morgan fingerprint density at radius 1 is 1.39 bits per heavy atom. The van der Waals surface area contributed by atoms with E-state index in [-0.39, 0.29) is 30.3 Å². The zero-order valence-electron chi connectivity index (χ0n) is 10.7. The van der Waals surface area contributed by atoms with Gasteiger partial charge >= 0.3 is 0 Å². The summed E-state index contributed by atoms with van der Waals surface area (Å²) in [5.41, 5.74) is 1.20. The molecule has 2 N–H and O–H groups in total. The molecule has 1 aromatic carbocycles. The van der Waals surface area contributed by atoms with Crippen LogP contribution in [-0.4, -0.2) is 19.0 Å². The van der Waals surface area contributed by atoms with Crippen molar-refractivity contribution in [1.29, 1.82) is 0 Å². The molecule has 0 spiro atoms. The highest BCUT2D eigenvalue weighted by Crippen LogP contribution is 2.19. The molecule has 0 saturated carbocycles. The van der Waals surface area contributed by atoms with Crippen LogP contribution in [0, 0.1) is 5.92 Å². The normalized spacial score (nSPS) is 16.3. The molecular weight excluding hydrogens is 248 g/mol. The van der Waals surface area contributed by atoms with Crippen LogP contribution in [0.2, 0.25) is 0 Å². The summed E-state index contributed by atoms with van der Waals surface area (Å²) in [6.45, 7) is 3.78. The number of benzene rings is 1. The zero-order valence-corrected chi connectivity index (χ0v) is 11.5. The lowest BCUT2D eigenvalue weighted by molar-refractivity contribution is -0.127. The molecule has 4 heteroatoms. The Hall–Kier alpha value is -1.06. The third-order valence-corrected chi connectivity index (χ3v) is 3.25. The predicted molar refractivity (Wildman–Crippen MR) is 75.8 cm³/mol. The summed E-state index contributed by atoms with van der Waals surface area (Å²) >= 11 is 0. The van der Waals surface area contributed by atoms with E-state index in [0.717, 1.165) is 25.9 Å². The number of rotatable bonds is 5. The molecule has 1 aliphatic heterocycles. The summed E-state index contributed by atoms with van der Waals surface area (Å²) in [5, 5.41) is 6.28. The lowest BCUT2D eigenvalue weighted by Gasteiger charge is -2.28. The number of hydrogen-bond donors (Lipinski definition) is 2. The third kappa shape index (κ3) is 3.72. The molecule has 3 nitrogen and oxygen atoms in total. The van der Waals surface area contributed by atoms with Crippen molar-refractivity contribution in [2.75, 3.05) is 13.1 Å². The molecule has 1 aliphatic rings. The van der Waals surface area contributed by atoms with Crippen molar-refractivity contribution in [3.05, 3.63) is 35.9 Å². The van der Waals surface area contributed by atoms with E-state index < -0.39 is 0 Å². The maximum Gasteiger partial charge on any atom is 0.226 e. The molecule has 0 bridgehead atoms. The topological polar surface area (TPSA) is 41.1 Å². The first kappa shape index (κ1) is 15.0. The minimum atomic E-state index is 0. The number of nitrogens with one attached hydrogen (secondary N) is 2. The SMILES string of the molecule is CCCC(NC(=O)C1CNC1)c1ccccc1.Cl. The molecule has 1 unspecified atom stereocenters. The van der Waals surface area contributed by atoms with Gasteiger partial charge in [0.25, 0.3) is 0 Å². The lowest BCUT2D eigenvalue weighted by atomic mass is 9.98. The van der Waals surface area contributed by atoms with Gasteiger partial charge in [-0.05, 0) is 12.0 Å². The number of carbonyl (C=O) groups is 1. The van der Waals surface area contributed by atoms with E-state index in [9.17, 15) is 4.79 Å². The quantitative estimate of drug-likeness (QED) is 0.860. The molecule has 2 rings (SSSR count). The Bertz CT molecular complexity index is 365. The molecule has 0 aliphatic carbocycles. The van der Waals surface area contributed by atoms with E-state index in [4.69, 9.17) is 0 Å². The average molecular weight is 269 g/mol. The smallest absolute Gasteiger partial charge is 0.226 e. The molecule has 1 heterocycles. The summed E-state index contributed by atoms with van der Waals surface area (Å²) in [5.74, 6) is 0.351. The van der Waals surface area contributed by atoms with Gasteiger partial charge in [0.15, 0.2) is 0 Å². The Labute approximate surface area is 115 Å². The van der Waals surface area contributed by atoms with Crippen LogP contribution in [0.5, 0.6) is 0 Å².